The Morgan fingerprint density at radius 3 is 0.767 bits per heavy atom. The van der Waals surface area contributed by atoms with Gasteiger partial charge in [-0.15, -0.1) is 0 Å². The fourth-order valence-corrected chi connectivity index (χ4v) is 4.42. The number of unbranched alkanes of at least 4 members (excludes halogenated alkanes) is 20. The normalized spacial score (nSPS) is 13.6. The number of hydrogen-bond donors (Lipinski definition) is 2. The summed E-state index contributed by atoms with van der Waals surface area (Å²) in [6.07, 6.45) is 29.8. The van der Waals surface area contributed by atoms with Gasteiger partial charge in [-0.1, -0.05) is 155 Å². The van der Waals surface area contributed by atoms with Gasteiger partial charge in [0, 0.05) is 0 Å². The van der Waals surface area contributed by atoms with Crippen LogP contribution in [0.5, 0.6) is 0 Å². The van der Waals surface area contributed by atoms with Gasteiger partial charge in [0.05, 0.1) is 12.2 Å². The minimum atomic E-state index is -0.508. The highest BCUT2D eigenvalue weighted by atomic mass is 16.3. The Kier molecular flexibility index (Phi) is 25.1. The van der Waals surface area contributed by atoms with Crippen LogP contribution in [-0.4, -0.2) is 22.4 Å². The molecular formula is C28H58O2. The lowest BCUT2D eigenvalue weighted by molar-refractivity contribution is 0.00711. The molecule has 0 radical (unpaired) electrons. The summed E-state index contributed by atoms with van der Waals surface area (Å²) >= 11 is 0. The first-order valence-corrected chi connectivity index (χ1v) is 14.1. The van der Waals surface area contributed by atoms with Gasteiger partial charge < -0.3 is 10.2 Å². The lowest BCUT2D eigenvalue weighted by Gasteiger charge is -2.17. The zero-order valence-corrected chi connectivity index (χ0v) is 21.0. The molecule has 0 spiro atoms. The maximum atomic E-state index is 10.2. The molecule has 0 fully saturated rings. The van der Waals surface area contributed by atoms with Gasteiger partial charge in [-0.2, -0.15) is 0 Å². The molecule has 0 aliphatic carbocycles. The average Bonchev–Trinajstić information content (AvgIpc) is 2.75. The molecule has 2 unspecified atom stereocenters. The first-order chi connectivity index (χ1) is 14.7. The van der Waals surface area contributed by atoms with Crippen LogP contribution in [0.1, 0.15) is 168 Å². The third-order valence-electron chi connectivity index (χ3n) is 6.65. The maximum absolute atomic E-state index is 10.2. The first-order valence-electron chi connectivity index (χ1n) is 14.1. The molecule has 0 aliphatic rings. The molecule has 0 aromatic rings. The molecule has 30 heavy (non-hydrogen) atoms. The van der Waals surface area contributed by atoms with Crippen molar-refractivity contribution in [2.45, 2.75) is 180 Å². The predicted octanol–water partition coefficient (Wildman–Crippen LogP) is 9.11. The van der Waals surface area contributed by atoms with Crippen LogP contribution in [0.25, 0.3) is 0 Å². The van der Waals surface area contributed by atoms with Gasteiger partial charge in [-0.05, 0) is 12.8 Å². The fraction of sp³-hybridized carbons (Fsp3) is 1.00. The topological polar surface area (TPSA) is 40.5 Å². The summed E-state index contributed by atoms with van der Waals surface area (Å²) < 4.78 is 0. The van der Waals surface area contributed by atoms with E-state index in [-0.39, 0.29) is 0 Å². The lowest BCUT2D eigenvalue weighted by Crippen LogP contribution is -2.25. The third-order valence-corrected chi connectivity index (χ3v) is 6.65. The Balaban J connectivity index is 3.29. The minimum absolute atomic E-state index is 0.508. The van der Waals surface area contributed by atoms with E-state index in [1.54, 1.807) is 0 Å². The molecule has 2 atom stereocenters. The van der Waals surface area contributed by atoms with Gasteiger partial charge in [0.25, 0.3) is 0 Å². The predicted molar refractivity (Wildman–Crippen MR) is 134 cm³/mol. The summed E-state index contributed by atoms with van der Waals surface area (Å²) in [5.41, 5.74) is 0. The summed E-state index contributed by atoms with van der Waals surface area (Å²) in [6.45, 7) is 4.54. The van der Waals surface area contributed by atoms with Crippen molar-refractivity contribution in [3.8, 4) is 0 Å². The summed E-state index contributed by atoms with van der Waals surface area (Å²) in [4.78, 5) is 0. The van der Waals surface area contributed by atoms with Crippen molar-refractivity contribution in [2.24, 2.45) is 0 Å². The monoisotopic (exact) mass is 426 g/mol. The van der Waals surface area contributed by atoms with Crippen LogP contribution < -0.4 is 0 Å². The summed E-state index contributed by atoms with van der Waals surface area (Å²) in [6, 6.07) is 0. The van der Waals surface area contributed by atoms with Crippen molar-refractivity contribution in [3.63, 3.8) is 0 Å². The second kappa shape index (κ2) is 25.2. The van der Waals surface area contributed by atoms with Crippen LogP contribution in [0.4, 0.5) is 0 Å². The molecule has 182 valence electrons. The van der Waals surface area contributed by atoms with Crippen molar-refractivity contribution in [1.29, 1.82) is 0 Å². The molecule has 0 aromatic carbocycles. The number of rotatable bonds is 25. The van der Waals surface area contributed by atoms with E-state index in [0.717, 1.165) is 25.7 Å². The SMILES string of the molecule is CCCCCCCCCCCCCCC(O)C(O)CCCCCCCCCCCC. The molecule has 0 heterocycles. The minimum Gasteiger partial charge on any atom is -0.390 e. The first kappa shape index (κ1) is 29.9. The Hall–Kier alpha value is -0.0800. The second-order valence-corrected chi connectivity index (χ2v) is 9.78. The van der Waals surface area contributed by atoms with Crippen LogP contribution in [0, 0.1) is 0 Å². The largest absolute Gasteiger partial charge is 0.390 e. The van der Waals surface area contributed by atoms with E-state index in [2.05, 4.69) is 13.8 Å². The Morgan fingerprint density at radius 2 is 0.533 bits per heavy atom. The highest BCUT2D eigenvalue weighted by Gasteiger charge is 2.15. The zero-order chi connectivity index (χ0) is 22.1. The van der Waals surface area contributed by atoms with Crippen molar-refractivity contribution in [2.75, 3.05) is 0 Å². The van der Waals surface area contributed by atoms with Crippen molar-refractivity contribution < 1.29 is 10.2 Å². The smallest absolute Gasteiger partial charge is 0.0799 e. The Labute approximate surface area is 190 Å². The average molecular weight is 427 g/mol. The third kappa shape index (κ3) is 22.6. The van der Waals surface area contributed by atoms with Crippen LogP contribution in [0.2, 0.25) is 0 Å². The van der Waals surface area contributed by atoms with E-state index in [1.165, 1.54) is 128 Å². The van der Waals surface area contributed by atoms with E-state index in [0.29, 0.717) is 0 Å². The van der Waals surface area contributed by atoms with E-state index >= 15 is 0 Å². The molecule has 0 saturated heterocycles. The Bertz CT molecular complexity index is 305. The van der Waals surface area contributed by atoms with Gasteiger partial charge in [0.1, 0.15) is 0 Å². The van der Waals surface area contributed by atoms with E-state index < -0.39 is 12.2 Å². The highest BCUT2D eigenvalue weighted by Crippen LogP contribution is 2.16. The van der Waals surface area contributed by atoms with E-state index in [1.807, 2.05) is 0 Å². The molecule has 0 amide bonds. The van der Waals surface area contributed by atoms with Crippen molar-refractivity contribution >= 4 is 0 Å². The van der Waals surface area contributed by atoms with Gasteiger partial charge in [0.2, 0.25) is 0 Å². The molecule has 0 rings (SSSR count). The quantitative estimate of drug-likeness (QED) is 0.143. The standard InChI is InChI=1S/C28H58O2/c1-3-5-7-9-11-13-15-16-18-20-22-24-26-28(30)27(29)25-23-21-19-17-14-12-10-8-6-4-2/h27-30H,3-26H2,1-2H3. The summed E-state index contributed by atoms with van der Waals surface area (Å²) in [5, 5.41) is 20.3. The highest BCUT2D eigenvalue weighted by molar-refractivity contribution is 4.67. The van der Waals surface area contributed by atoms with Crippen molar-refractivity contribution in [1.82, 2.24) is 0 Å². The molecule has 2 nitrogen and oxygen atoms in total. The number of aliphatic hydroxyl groups is 2. The van der Waals surface area contributed by atoms with Gasteiger partial charge in [-0.3, -0.25) is 0 Å². The fourth-order valence-electron chi connectivity index (χ4n) is 4.42. The number of aliphatic hydroxyl groups excluding tert-OH is 2. The molecule has 0 saturated carbocycles. The zero-order valence-electron chi connectivity index (χ0n) is 21.0. The molecule has 2 heteroatoms. The van der Waals surface area contributed by atoms with Gasteiger partial charge >= 0.3 is 0 Å². The molecular weight excluding hydrogens is 368 g/mol. The molecule has 0 aliphatic heterocycles. The lowest BCUT2D eigenvalue weighted by atomic mass is 9.99. The number of hydrogen-bond acceptors (Lipinski definition) is 2. The molecule has 0 aromatic heterocycles. The van der Waals surface area contributed by atoms with Gasteiger partial charge in [0.15, 0.2) is 0 Å². The summed E-state index contributed by atoms with van der Waals surface area (Å²) in [7, 11) is 0. The van der Waals surface area contributed by atoms with Crippen molar-refractivity contribution in [3.05, 3.63) is 0 Å². The second-order valence-electron chi connectivity index (χ2n) is 9.78. The summed E-state index contributed by atoms with van der Waals surface area (Å²) in [5.74, 6) is 0. The maximum Gasteiger partial charge on any atom is 0.0799 e. The Morgan fingerprint density at radius 1 is 0.333 bits per heavy atom. The molecule has 0 bridgehead atoms. The van der Waals surface area contributed by atoms with Crippen LogP contribution in [0.15, 0.2) is 0 Å². The van der Waals surface area contributed by atoms with Gasteiger partial charge in [-0.25, -0.2) is 0 Å². The molecule has 2 N–H and O–H groups in total. The van der Waals surface area contributed by atoms with E-state index in [4.69, 9.17) is 0 Å². The van der Waals surface area contributed by atoms with E-state index in [9.17, 15) is 10.2 Å². The van der Waals surface area contributed by atoms with Crippen LogP contribution in [0.3, 0.4) is 0 Å². The van der Waals surface area contributed by atoms with Crippen LogP contribution >= 0.6 is 0 Å². The van der Waals surface area contributed by atoms with Crippen LogP contribution in [-0.2, 0) is 0 Å².